The summed E-state index contributed by atoms with van der Waals surface area (Å²) in [5, 5.41) is 11.0. The summed E-state index contributed by atoms with van der Waals surface area (Å²) in [6.45, 7) is 3.02. The molecule has 1 saturated heterocycles. The molecule has 2 heterocycles. The fraction of sp³-hybridized carbons (Fsp3) is 0.778. The largest absolute Gasteiger partial charge is 0.317 e. The van der Waals surface area contributed by atoms with E-state index in [4.69, 9.17) is 0 Å². The highest BCUT2D eigenvalue weighted by molar-refractivity contribution is 4.83. The highest BCUT2D eigenvalue weighted by Gasteiger charge is 2.12. The van der Waals surface area contributed by atoms with E-state index in [-0.39, 0.29) is 0 Å². The van der Waals surface area contributed by atoms with Gasteiger partial charge in [-0.15, -0.1) is 0 Å². The lowest BCUT2D eigenvalue weighted by atomic mass is 10.1. The molecule has 2 rings (SSSR count). The fourth-order valence-electron chi connectivity index (χ4n) is 1.73. The molecule has 5 heteroatoms. The monoisotopic (exact) mass is 195 g/mol. The summed E-state index contributed by atoms with van der Waals surface area (Å²) in [6.07, 6.45) is 4.14. The number of aromatic nitrogens is 3. The van der Waals surface area contributed by atoms with Crippen LogP contribution in [0.4, 0.5) is 0 Å². The Morgan fingerprint density at radius 2 is 2.36 bits per heavy atom. The van der Waals surface area contributed by atoms with Gasteiger partial charge in [0.2, 0.25) is 0 Å². The average Bonchev–Trinajstić information content (AvgIpc) is 2.63. The van der Waals surface area contributed by atoms with Crippen LogP contribution in [0.25, 0.3) is 0 Å². The van der Waals surface area contributed by atoms with Crippen molar-refractivity contribution in [1.29, 1.82) is 0 Å². The molecule has 1 aromatic heterocycles. The van der Waals surface area contributed by atoms with Crippen molar-refractivity contribution in [3.05, 3.63) is 12.2 Å². The predicted octanol–water partition coefficient (Wildman–Crippen LogP) is -0.343. The summed E-state index contributed by atoms with van der Waals surface area (Å²) in [6, 6.07) is 0.625. The minimum atomic E-state index is 0.625. The van der Waals surface area contributed by atoms with Gasteiger partial charge in [0.15, 0.2) is 5.82 Å². The van der Waals surface area contributed by atoms with Gasteiger partial charge < -0.3 is 10.6 Å². The van der Waals surface area contributed by atoms with Crippen LogP contribution in [0.3, 0.4) is 0 Å². The minimum Gasteiger partial charge on any atom is -0.317 e. The van der Waals surface area contributed by atoms with E-state index in [1.165, 1.54) is 12.8 Å². The number of hydrogen-bond donors (Lipinski definition) is 2. The molecule has 78 valence electrons. The first-order valence-corrected chi connectivity index (χ1v) is 5.13. The lowest BCUT2D eigenvalue weighted by Crippen LogP contribution is -2.39. The van der Waals surface area contributed by atoms with Gasteiger partial charge in [0, 0.05) is 13.1 Å². The van der Waals surface area contributed by atoms with Crippen LogP contribution in [0.2, 0.25) is 0 Å². The molecule has 0 aromatic carbocycles. The Hall–Kier alpha value is -0.940. The molecule has 0 atom stereocenters. The van der Waals surface area contributed by atoms with E-state index < -0.39 is 0 Å². The molecule has 5 nitrogen and oxygen atoms in total. The molecule has 1 aromatic rings. The minimum absolute atomic E-state index is 0.625. The Bertz CT molecular complexity index is 276. The third-order valence-electron chi connectivity index (χ3n) is 2.54. The maximum Gasteiger partial charge on any atom is 0.164 e. The lowest BCUT2D eigenvalue weighted by Gasteiger charge is -2.23. The summed E-state index contributed by atoms with van der Waals surface area (Å²) in [5.41, 5.74) is 0. The number of nitrogens with zero attached hydrogens (tertiary/aromatic N) is 3. The smallest absolute Gasteiger partial charge is 0.164 e. The number of hydrogen-bond acceptors (Lipinski definition) is 4. The number of nitrogens with one attached hydrogen (secondary N) is 2. The van der Waals surface area contributed by atoms with Crippen LogP contribution >= 0.6 is 0 Å². The normalized spacial score (nSPS) is 18.6. The van der Waals surface area contributed by atoms with Gasteiger partial charge in [0.05, 0.1) is 6.54 Å². The van der Waals surface area contributed by atoms with Crippen molar-refractivity contribution in [3.63, 3.8) is 0 Å². The zero-order valence-corrected chi connectivity index (χ0v) is 8.53. The third-order valence-corrected chi connectivity index (χ3v) is 2.54. The van der Waals surface area contributed by atoms with Crippen molar-refractivity contribution in [1.82, 2.24) is 25.4 Å². The summed E-state index contributed by atoms with van der Waals surface area (Å²) in [7, 11) is 1.89. The van der Waals surface area contributed by atoms with Crippen LogP contribution in [-0.4, -0.2) is 33.9 Å². The van der Waals surface area contributed by atoms with Gasteiger partial charge in [0.25, 0.3) is 0 Å². The van der Waals surface area contributed by atoms with Crippen molar-refractivity contribution in [2.45, 2.75) is 25.4 Å². The topological polar surface area (TPSA) is 54.8 Å². The van der Waals surface area contributed by atoms with Gasteiger partial charge in [-0.3, -0.25) is 4.68 Å². The number of aryl methyl sites for hydroxylation is 1. The Morgan fingerprint density at radius 3 is 3.00 bits per heavy atom. The quantitative estimate of drug-likeness (QED) is 0.692. The van der Waals surface area contributed by atoms with E-state index >= 15 is 0 Å². The molecule has 1 aliphatic heterocycles. The molecule has 1 fully saturated rings. The van der Waals surface area contributed by atoms with Gasteiger partial charge in [-0.1, -0.05) is 0 Å². The summed E-state index contributed by atoms with van der Waals surface area (Å²) in [4.78, 5) is 4.17. The van der Waals surface area contributed by atoms with E-state index in [0.717, 1.165) is 25.5 Å². The Labute approximate surface area is 83.9 Å². The second-order valence-electron chi connectivity index (χ2n) is 3.74. The zero-order valence-electron chi connectivity index (χ0n) is 8.53. The van der Waals surface area contributed by atoms with E-state index in [1.54, 1.807) is 11.0 Å². The van der Waals surface area contributed by atoms with Crippen molar-refractivity contribution < 1.29 is 0 Å². The number of piperidine rings is 1. The maximum atomic E-state index is 4.22. The Morgan fingerprint density at radius 1 is 1.57 bits per heavy atom. The van der Waals surface area contributed by atoms with Gasteiger partial charge >= 0.3 is 0 Å². The van der Waals surface area contributed by atoms with Gasteiger partial charge in [-0.05, 0) is 25.9 Å². The first-order valence-electron chi connectivity index (χ1n) is 5.13. The van der Waals surface area contributed by atoms with E-state index in [2.05, 4.69) is 20.7 Å². The first-order chi connectivity index (χ1) is 6.84. The Balaban J connectivity index is 1.76. The third kappa shape index (κ3) is 2.52. The molecule has 14 heavy (non-hydrogen) atoms. The zero-order chi connectivity index (χ0) is 9.80. The van der Waals surface area contributed by atoms with Crippen molar-refractivity contribution in [2.24, 2.45) is 7.05 Å². The highest BCUT2D eigenvalue weighted by Crippen LogP contribution is 2.02. The Kier molecular flexibility index (Phi) is 3.10. The number of rotatable bonds is 3. The second-order valence-corrected chi connectivity index (χ2v) is 3.74. The van der Waals surface area contributed by atoms with E-state index in [1.807, 2.05) is 7.05 Å². The van der Waals surface area contributed by atoms with Crippen LogP contribution < -0.4 is 10.6 Å². The summed E-state index contributed by atoms with van der Waals surface area (Å²) >= 11 is 0. The molecule has 0 saturated carbocycles. The first kappa shape index (κ1) is 9.61. The second kappa shape index (κ2) is 4.52. The van der Waals surface area contributed by atoms with Crippen LogP contribution in [-0.2, 0) is 13.6 Å². The van der Waals surface area contributed by atoms with Crippen LogP contribution in [0.15, 0.2) is 6.33 Å². The SMILES string of the molecule is Cn1cnc(CNC2CCNCC2)n1. The van der Waals surface area contributed by atoms with Crippen molar-refractivity contribution in [2.75, 3.05) is 13.1 Å². The fourth-order valence-corrected chi connectivity index (χ4v) is 1.73. The molecule has 0 amide bonds. The van der Waals surface area contributed by atoms with Gasteiger partial charge in [-0.2, -0.15) is 5.10 Å². The predicted molar refractivity (Wildman–Crippen MR) is 53.7 cm³/mol. The molecule has 0 unspecified atom stereocenters. The highest BCUT2D eigenvalue weighted by atomic mass is 15.3. The lowest BCUT2D eigenvalue weighted by molar-refractivity contribution is 0.383. The van der Waals surface area contributed by atoms with Gasteiger partial charge in [-0.25, -0.2) is 4.98 Å². The summed E-state index contributed by atoms with van der Waals surface area (Å²) < 4.78 is 1.74. The van der Waals surface area contributed by atoms with Crippen LogP contribution in [0, 0.1) is 0 Å². The standard InChI is InChI=1S/C9H17N5/c1-14-7-12-9(13-14)6-11-8-2-4-10-5-3-8/h7-8,10-11H,2-6H2,1H3. The maximum absolute atomic E-state index is 4.22. The molecular formula is C9H17N5. The van der Waals surface area contributed by atoms with Crippen LogP contribution in [0.5, 0.6) is 0 Å². The summed E-state index contributed by atoms with van der Waals surface area (Å²) in [5.74, 6) is 0.881. The molecule has 1 aliphatic rings. The van der Waals surface area contributed by atoms with Crippen molar-refractivity contribution in [3.8, 4) is 0 Å². The van der Waals surface area contributed by atoms with Crippen molar-refractivity contribution >= 4 is 0 Å². The van der Waals surface area contributed by atoms with Crippen LogP contribution in [0.1, 0.15) is 18.7 Å². The molecule has 0 aliphatic carbocycles. The average molecular weight is 195 g/mol. The molecule has 0 spiro atoms. The molecule has 0 radical (unpaired) electrons. The molecule has 2 N–H and O–H groups in total. The van der Waals surface area contributed by atoms with Gasteiger partial charge in [0.1, 0.15) is 6.33 Å². The van der Waals surface area contributed by atoms with E-state index in [9.17, 15) is 0 Å². The molecular weight excluding hydrogens is 178 g/mol. The van der Waals surface area contributed by atoms with E-state index in [0.29, 0.717) is 6.04 Å². The molecule has 0 bridgehead atoms.